The molecule has 5 nitrogen and oxygen atoms in total. The lowest BCUT2D eigenvalue weighted by molar-refractivity contribution is -0.137. The summed E-state index contributed by atoms with van der Waals surface area (Å²) in [7, 11) is 0. The first-order valence-corrected chi connectivity index (χ1v) is 7.27. The molecule has 19 heavy (non-hydrogen) atoms. The first-order chi connectivity index (χ1) is 8.98. The topological polar surface area (TPSA) is 92.4 Å². The minimum absolute atomic E-state index is 0.0434. The van der Waals surface area contributed by atoms with Crippen molar-refractivity contribution in [1.29, 1.82) is 0 Å². The standard InChI is InChI=1S/C14H26N2O3/c1-2-11(5-6-12(17)18)7-10-16-13(19)14(15)8-3-4-9-14/h11H,2-10,15H2,1H3,(H,16,19)(H,17,18). The average molecular weight is 270 g/mol. The molecule has 0 spiro atoms. The highest BCUT2D eigenvalue weighted by Gasteiger charge is 2.36. The van der Waals surface area contributed by atoms with E-state index in [4.69, 9.17) is 10.8 Å². The molecule has 1 aliphatic rings. The molecular formula is C14H26N2O3. The Morgan fingerprint density at radius 3 is 2.47 bits per heavy atom. The number of amides is 1. The van der Waals surface area contributed by atoms with Crippen molar-refractivity contribution in [3.8, 4) is 0 Å². The van der Waals surface area contributed by atoms with Crippen LogP contribution >= 0.6 is 0 Å². The third-order valence-electron chi connectivity index (χ3n) is 4.13. The first kappa shape index (κ1) is 16.0. The van der Waals surface area contributed by atoms with Crippen LogP contribution in [-0.2, 0) is 9.59 Å². The maximum atomic E-state index is 12.0. The Morgan fingerprint density at radius 2 is 1.95 bits per heavy atom. The quantitative estimate of drug-likeness (QED) is 0.625. The van der Waals surface area contributed by atoms with Crippen molar-refractivity contribution in [2.75, 3.05) is 6.54 Å². The van der Waals surface area contributed by atoms with Gasteiger partial charge < -0.3 is 16.2 Å². The lowest BCUT2D eigenvalue weighted by Crippen LogP contribution is -2.52. The first-order valence-electron chi connectivity index (χ1n) is 7.27. The predicted molar refractivity (Wildman–Crippen MR) is 73.7 cm³/mol. The number of nitrogens with two attached hydrogens (primary N) is 1. The summed E-state index contributed by atoms with van der Waals surface area (Å²) in [5.41, 5.74) is 5.40. The van der Waals surface area contributed by atoms with E-state index in [1.165, 1.54) is 0 Å². The fraction of sp³-hybridized carbons (Fsp3) is 0.857. The number of carboxylic acids is 1. The molecule has 5 heteroatoms. The van der Waals surface area contributed by atoms with Crippen LogP contribution in [0.5, 0.6) is 0 Å². The van der Waals surface area contributed by atoms with Gasteiger partial charge in [0.05, 0.1) is 5.54 Å². The van der Waals surface area contributed by atoms with Gasteiger partial charge >= 0.3 is 5.97 Å². The summed E-state index contributed by atoms with van der Waals surface area (Å²) in [5.74, 6) is -0.443. The molecule has 0 bridgehead atoms. The van der Waals surface area contributed by atoms with Gasteiger partial charge in [-0.05, 0) is 31.6 Å². The van der Waals surface area contributed by atoms with E-state index in [-0.39, 0.29) is 12.3 Å². The van der Waals surface area contributed by atoms with Crippen LogP contribution in [0, 0.1) is 5.92 Å². The van der Waals surface area contributed by atoms with Crippen LogP contribution in [0.25, 0.3) is 0 Å². The summed E-state index contributed by atoms with van der Waals surface area (Å²) in [6, 6.07) is 0. The summed E-state index contributed by atoms with van der Waals surface area (Å²) >= 11 is 0. The molecule has 1 fully saturated rings. The number of carbonyl (C=O) groups is 2. The van der Waals surface area contributed by atoms with E-state index in [1.807, 2.05) is 0 Å². The van der Waals surface area contributed by atoms with E-state index in [9.17, 15) is 9.59 Å². The zero-order valence-corrected chi connectivity index (χ0v) is 11.8. The lowest BCUT2D eigenvalue weighted by Gasteiger charge is -2.23. The molecule has 0 aromatic rings. The van der Waals surface area contributed by atoms with Gasteiger partial charge in [-0.3, -0.25) is 9.59 Å². The van der Waals surface area contributed by atoms with E-state index in [2.05, 4.69) is 12.2 Å². The molecule has 110 valence electrons. The highest BCUT2D eigenvalue weighted by Crippen LogP contribution is 2.27. The van der Waals surface area contributed by atoms with Crippen LogP contribution in [0.1, 0.15) is 58.3 Å². The van der Waals surface area contributed by atoms with Crippen LogP contribution in [0.15, 0.2) is 0 Å². The maximum absolute atomic E-state index is 12.0. The molecule has 4 N–H and O–H groups in total. The summed E-state index contributed by atoms with van der Waals surface area (Å²) in [6.45, 7) is 2.64. The largest absolute Gasteiger partial charge is 0.481 e. The Morgan fingerprint density at radius 1 is 1.32 bits per heavy atom. The second-order valence-electron chi connectivity index (χ2n) is 5.61. The van der Waals surface area contributed by atoms with Gasteiger partial charge in [-0.2, -0.15) is 0 Å². The fourth-order valence-electron chi connectivity index (χ4n) is 2.68. The van der Waals surface area contributed by atoms with Gasteiger partial charge in [-0.25, -0.2) is 0 Å². The third kappa shape index (κ3) is 5.19. The highest BCUT2D eigenvalue weighted by molar-refractivity contribution is 5.86. The van der Waals surface area contributed by atoms with E-state index >= 15 is 0 Å². The summed E-state index contributed by atoms with van der Waals surface area (Å²) in [4.78, 5) is 22.5. The smallest absolute Gasteiger partial charge is 0.303 e. The van der Waals surface area contributed by atoms with E-state index in [0.717, 1.165) is 38.5 Å². The minimum Gasteiger partial charge on any atom is -0.481 e. The Labute approximate surface area is 114 Å². The zero-order valence-electron chi connectivity index (χ0n) is 11.8. The SMILES string of the molecule is CCC(CCNC(=O)C1(N)CCCC1)CCC(=O)O. The Bertz CT molecular complexity index is 312. The molecule has 1 saturated carbocycles. The van der Waals surface area contributed by atoms with Crippen LogP contribution in [0.3, 0.4) is 0 Å². The Hall–Kier alpha value is -1.10. The van der Waals surface area contributed by atoms with Gasteiger partial charge in [-0.1, -0.05) is 26.2 Å². The molecule has 1 unspecified atom stereocenters. The van der Waals surface area contributed by atoms with Crippen LogP contribution in [0.4, 0.5) is 0 Å². The van der Waals surface area contributed by atoms with Crippen LogP contribution < -0.4 is 11.1 Å². The fourth-order valence-corrected chi connectivity index (χ4v) is 2.68. The third-order valence-corrected chi connectivity index (χ3v) is 4.13. The van der Waals surface area contributed by atoms with Crippen molar-refractivity contribution < 1.29 is 14.7 Å². The van der Waals surface area contributed by atoms with Crippen molar-refractivity contribution in [2.24, 2.45) is 11.7 Å². The molecule has 0 saturated heterocycles. The summed E-state index contributed by atoms with van der Waals surface area (Å²) in [6.07, 6.45) is 6.25. The van der Waals surface area contributed by atoms with E-state index < -0.39 is 11.5 Å². The molecule has 1 amide bonds. The normalized spacial score (nSPS) is 19.1. The second-order valence-corrected chi connectivity index (χ2v) is 5.61. The Balaban J connectivity index is 2.24. The maximum Gasteiger partial charge on any atom is 0.303 e. The predicted octanol–water partition coefficient (Wildman–Crippen LogP) is 1.66. The zero-order chi connectivity index (χ0) is 14.3. The van der Waals surface area contributed by atoms with Crippen LogP contribution in [0.2, 0.25) is 0 Å². The van der Waals surface area contributed by atoms with Crippen molar-refractivity contribution in [2.45, 2.75) is 63.8 Å². The average Bonchev–Trinajstić information content (AvgIpc) is 2.81. The van der Waals surface area contributed by atoms with Crippen molar-refractivity contribution in [3.05, 3.63) is 0 Å². The van der Waals surface area contributed by atoms with Gasteiger partial charge in [0.2, 0.25) is 5.91 Å². The molecule has 0 heterocycles. The molecule has 1 aliphatic carbocycles. The second kappa shape index (κ2) is 7.48. The molecule has 0 radical (unpaired) electrons. The molecule has 1 rings (SSSR count). The molecule has 0 aliphatic heterocycles. The van der Waals surface area contributed by atoms with Crippen molar-refractivity contribution >= 4 is 11.9 Å². The highest BCUT2D eigenvalue weighted by atomic mass is 16.4. The number of hydrogen-bond donors (Lipinski definition) is 3. The van der Waals surface area contributed by atoms with Gasteiger partial charge in [0, 0.05) is 13.0 Å². The van der Waals surface area contributed by atoms with E-state index in [0.29, 0.717) is 18.9 Å². The van der Waals surface area contributed by atoms with Crippen molar-refractivity contribution in [1.82, 2.24) is 5.32 Å². The number of rotatable bonds is 8. The summed E-state index contributed by atoms with van der Waals surface area (Å²) in [5, 5.41) is 11.6. The van der Waals surface area contributed by atoms with Gasteiger partial charge in [0.25, 0.3) is 0 Å². The number of hydrogen-bond acceptors (Lipinski definition) is 3. The van der Waals surface area contributed by atoms with Gasteiger partial charge in [0.1, 0.15) is 0 Å². The van der Waals surface area contributed by atoms with Crippen LogP contribution in [-0.4, -0.2) is 29.1 Å². The number of carboxylic acid groups (broad SMARTS) is 1. The lowest BCUT2D eigenvalue weighted by atomic mass is 9.95. The number of nitrogens with one attached hydrogen (secondary N) is 1. The number of carbonyl (C=O) groups excluding carboxylic acids is 1. The van der Waals surface area contributed by atoms with Crippen molar-refractivity contribution in [3.63, 3.8) is 0 Å². The van der Waals surface area contributed by atoms with Gasteiger partial charge in [0.15, 0.2) is 0 Å². The molecule has 0 aromatic carbocycles. The number of aliphatic carboxylic acids is 1. The molecular weight excluding hydrogens is 244 g/mol. The summed E-state index contributed by atoms with van der Waals surface area (Å²) < 4.78 is 0. The molecule has 0 aromatic heterocycles. The minimum atomic E-state index is -0.755. The monoisotopic (exact) mass is 270 g/mol. The molecule has 1 atom stereocenters. The van der Waals surface area contributed by atoms with Gasteiger partial charge in [-0.15, -0.1) is 0 Å². The van der Waals surface area contributed by atoms with E-state index in [1.54, 1.807) is 0 Å². The Kier molecular flexibility index (Phi) is 6.28.